The number of urea groups is 1. The maximum Gasteiger partial charge on any atom is 0.317 e. The first-order valence-electron chi connectivity index (χ1n) is 11.9. The molecule has 1 aliphatic heterocycles. The van der Waals surface area contributed by atoms with Crippen LogP contribution in [0.15, 0.2) is 54.6 Å². The van der Waals surface area contributed by atoms with Crippen molar-refractivity contribution in [2.45, 2.75) is 51.2 Å². The molecule has 1 N–H and O–H groups in total. The average Bonchev–Trinajstić information content (AvgIpc) is 3.23. The quantitative estimate of drug-likeness (QED) is 0.573. The highest BCUT2D eigenvalue weighted by molar-refractivity contribution is 6.08. The van der Waals surface area contributed by atoms with Crippen molar-refractivity contribution < 1.29 is 9.53 Å². The van der Waals surface area contributed by atoms with Crippen LogP contribution >= 0.6 is 0 Å². The van der Waals surface area contributed by atoms with Gasteiger partial charge in [-0.2, -0.15) is 0 Å². The second-order valence-corrected chi connectivity index (χ2v) is 9.08. The van der Waals surface area contributed by atoms with Crippen molar-refractivity contribution in [1.29, 1.82) is 0 Å². The van der Waals surface area contributed by atoms with E-state index in [9.17, 15) is 4.79 Å². The smallest absolute Gasteiger partial charge is 0.317 e. The van der Waals surface area contributed by atoms with Gasteiger partial charge in [0, 0.05) is 26.2 Å². The first-order valence-corrected chi connectivity index (χ1v) is 11.9. The Morgan fingerprint density at radius 1 is 1.06 bits per heavy atom. The molecule has 2 aromatic carbocycles. The predicted octanol–water partition coefficient (Wildman–Crippen LogP) is 4.24. The largest absolute Gasteiger partial charge is 0.490 e. The van der Waals surface area contributed by atoms with Gasteiger partial charge in [-0.15, -0.1) is 0 Å². The van der Waals surface area contributed by atoms with Gasteiger partial charge in [0.2, 0.25) is 0 Å². The second kappa shape index (κ2) is 11.4. The molecule has 32 heavy (non-hydrogen) atoms. The molecule has 168 valence electrons. The van der Waals surface area contributed by atoms with Gasteiger partial charge in [-0.05, 0) is 68.0 Å². The van der Waals surface area contributed by atoms with Gasteiger partial charge in [0.25, 0.3) is 0 Å². The summed E-state index contributed by atoms with van der Waals surface area (Å²) in [7, 11) is 5.72. The number of ether oxygens (including phenoxy) is 1. The van der Waals surface area contributed by atoms with Crippen LogP contribution in [0.2, 0.25) is 6.32 Å². The average molecular weight is 431 g/mol. The molecule has 1 unspecified atom stereocenters. The highest BCUT2D eigenvalue weighted by atomic mass is 16.5. The van der Waals surface area contributed by atoms with Gasteiger partial charge in [0.15, 0.2) is 0 Å². The number of nitrogens with one attached hydrogen (secondary N) is 1. The van der Waals surface area contributed by atoms with Crippen LogP contribution in [0.25, 0.3) is 0 Å². The van der Waals surface area contributed by atoms with E-state index in [1.165, 1.54) is 6.42 Å². The summed E-state index contributed by atoms with van der Waals surface area (Å²) in [6.07, 6.45) is 5.75. The molecule has 5 nitrogen and oxygen atoms in total. The Kier molecular flexibility index (Phi) is 8.10. The third kappa shape index (κ3) is 6.52. The van der Waals surface area contributed by atoms with Crippen molar-refractivity contribution >= 4 is 13.9 Å². The number of benzene rings is 2. The SMILES string of the molecule is [B]CCN1CCC(CN(Cc2ccccc2)C(=O)NCc2ccc(OC3CCC3)cc2)C1. The van der Waals surface area contributed by atoms with Crippen LogP contribution in [0.4, 0.5) is 4.79 Å². The monoisotopic (exact) mass is 431 g/mol. The molecule has 1 atom stereocenters. The van der Waals surface area contributed by atoms with Gasteiger partial charge < -0.3 is 19.9 Å². The van der Waals surface area contributed by atoms with Crippen molar-refractivity contribution in [2.75, 3.05) is 26.2 Å². The summed E-state index contributed by atoms with van der Waals surface area (Å²) in [5.41, 5.74) is 2.23. The van der Waals surface area contributed by atoms with E-state index in [0.29, 0.717) is 31.4 Å². The summed E-state index contributed by atoms with van der Waals surface area (Å²) in [4.78, 5) is 17.5. The highest BCUT2D eigenvalue weighted by Gasteiger charge is 2.26. The summed E-state index contributed by atoms with van der Waals surface area (Å²) in [5, 5.41) is 3.12. The summed E-state index contributed by atoms with van der Waals surface area (Å²) < 4.78 is 5.93. The Balaban J connectivity index is 1.32. The van der Waals surface area contributed by atoms with E-state index >= 15 is 0 Å². The van der Waals surface area contributed by atoms with Gasteiger partial charge in [0.1, 0.15) is 5.75 Å². The summed E-state index contributed by atoms with van der Waals surface area (Å²) in [5.74, 6) is 1.40. The molecule has 4 rings (SSSR count). The minimum atomic E-state index is -0.0130. The molecule has 2 aromatic rings. The third-order valence-corrected chi connectivity index (χ3v) is 6.52. The molecular weight excluding hydrogens is 397 g/mol. The number of hydrogen-bond donors (Lipinski definition) is 1. The van der Waals surface area contributed by atoms with Crippen molar-refractivity contribution in [1.82, 2.24) is 15.1 Å². The Morgan fingerprint density at radius 2 is 1.84 bits per heavy atom. The lowest BCUT2D eigenvalue weighted by Crippen LogP contribution is -2.42. The predicted molar refractivity (Wildman–Crippen MR) is 129 cm³/mol. The zero-order valence-electron chi connectivity index (χ0n) is 18.9. The number of likely N-dealkylation sites (tertiary alicyclic amines) is 1. The fourth-order valence-corrected chi connectivity index (χ4v) is 4.44. The lowest BCUT2D eigenvalue weighted by Gasteiger charge is -2.27. The normalized spacial score (nSPS) is 18.8. The molecule has 2 radical (unpaired) electrons. The molecule has 0 spiro atoms. The molecule has 2 amide bonds. The van der Waals surface area contributed by atoms with Crippen molar-refractivity contribution in [2.24, 2.45) is 5.92 Å². The van der Waals surface area contributed by atoms with Crippen LogP contribution in [-0.4, -0.2) is 56.0 Å². The van der Waals surface area contributed by atoms with E-state index in [0.717, 1.165) is 62.3 Å². The van der Waals surface area contributed by atoms with Crippen LogP contribution in [0.1, 0.15) is 36.8 Å². The van der Waals surface area contributed by atoms with Crippen LogP contribution in [-0.2, 0) is 13.1 Å². The van der Waals surface area contributed by atoms with Crippen molar-refractivity contribution in [3.8, 4) is 5.75 Å². The summed E-state index contributed by atoms with van der Waals surface area (Å²) in [6, 6.07) is 18.3. The molecule has 0 bridgehead atoms. The molecular formula is C26H34BN3O2. The molecule has 2 aliphatic rings. The maximum atomic E-state index is 13.1. The first kappa shape index (κ1) is 22.7. The van der Waals surface area contributed by atoms with Crippen LogP contribution in [0, 0.1) is 5.92 Å². The van der Waals surface area contributed by atoms with Crippen LogP contribution < -0.4 is 10.1 Å². The van der Waals surface area contributed by atoms with Crippen LogP contribution in [0.3, 0.4) is 0 Å². The fourth-order valence-electron chi connectivity index (χ4n) is 4.44. The molecule has 1 heterocycles. The van der Waals surface area contributed by atoms with E-state index < -0.39 is 0 Å². The Hall–Kier alpha value is -2.47. The lowest BCUT2D eigenvalue weighted by molar-refractivity contribution is 0.120. The number of rotatable bonds is 10. The van der Waals surface area contributed by atoms with Crippen molar-refractivity contribution in [3.05, 3.63) is 65.7 Å². The standard InChI is InChI=1S/C26H34BN3O2/c27-14-16-29-15-13-23(18-29)20-30(19-22-5-2-1-3-6-22)26(31)28-17-21-9-11-25(12-10-21)32-24-7-4-8-24/h1-3,5-6,9-12,23-24H,4,7-8,13-20H2,(H,28,31). The Labute approximate surface area is 193 Å². The lowest BCUT2D eigenvalue weighted by atomic mass is 9.96. The number of amides is 2. The van der Waals surface area contributed by atoms with Gasteiger partial charge in [-0.25, -0.2) is 4.79 Å². The topological polar surface area (TPSA) is 44.8 Å². The number of carbonyl (C=O) groups excluding carboxylic acids is 1. The van der Waals surface area contributed by atoms with E-state index in [2.05, 4.69) is 22.3 Å². The fraction of sp³-hybridized carbons (Fsp3) is 0.500. The number of carbonyl (C=O) groups is 1. The Bertz CT molecular complexity index is 842. The first-order chi connectivity index (χ1) is 15.7. The zero-order chi connectivity index (χ0) is 22.2. The zero-order valence-corrected chi connectivity index (χ0v) is 18.9. The molecule has 1 aliphatic carbocycles. The van der Waals surface area contributed by atoms with Crippen LogP contribution in [0.5, 0.6) is 5.75 Å². The third-order valence-electron chi connectivity index (χ3n) is 6.52. The van der Waals surface area contributed by atoms with Gasteiger partial charge in [-0.3, -0.25) is 0 Å². The second-order valence-electron chi connectivity index (χ2n) is 9.08. The van der Waals surface area contributed by atoms with Gasteiger partial charge >= 0.3 is 6.03 Å². The molecule has 1 saturated carbocycles. The number of hydrogen-bond acceptors (Lipinski definition) is 3. The molecule has 6 heteroatoms. The Morgan fingerprint density at radius 3 is 2.53 bits per heavy atom. The summed E-state index contributed by atoms with van der Waals surface area (Å²) >= 11 is 0. The maximum absolute atomic E-state index is 13.1. The molecule has 1 saturated heterocycles. The number of nitrogens with zero attached hydrogens (tertiary/aromatic N) is 2. The minimum absolute atomic E-state index is 0.0130. The van der Waals surface area contributed by atoms with E-state index in [4.69, 9.17) is 12.6 Å². The van der Waals surface area contributed by atoms with E-state index in [1.54, 1.807) is 0 Å². The van der Waals surface area contributed by atoms with Gasteiger partial charge in [-0.1, -0.05) is 48.8 Å². The minimum Gasteiger partial charge on any atom is -0.490 e. The van der Waals surface area contributed by atoms with E-state index in [-0.39, 0.29) is 6.03 Å². The highest BCUT2D eigenvalue weighted by Crippen LogP contribution is 2.25. The van der Waals surface area contributed by atoms with Crippen molar-refractivity contribution in [3.63, 3.8) is 0 Å². The molecule has 2 fully saturated rings. The summed E-state index contributed by atoms with van der Waals surface area (Å²) in [6.45, 7) is 4.90. The van der Waals surface area contributed by atoms with Gasteiger partial charge in [0.05, 0.1) is 14.0 Å². The van der Waals surface area contributed by atoms with E-state index in [1.807, 2.05) is 47.4 Å². The molecule has 0 aromatic heterocycles.